The first kappa shape index (κ1) is 14.9. The second-order valence-electron chi connectivity index (χ2n) is 4.98. The number of carbonyl (C=O) groups excluding carboxylic acids is 1. The van der Waals surface area contributed by atoms with Gasteiger partial charge in [-0.05, 0) is 43.3 Å². The molecule has 0 fully saturated rings. The summed E-state index contributed by atoms with van der Waals surface area (Å²) in [7, 11) is 1.60. The molecular weight excluding hydrogens is 292 g/mol. The maximum atomic E-state index is 12.2. The molecule has 3 rings (SSSR count). The molecule has 2 N–H and O–H groups in total. The van der Waals surface area contributed by atoms with E-state index in [0.29, 0.717) is 11.6 Å². The number of aromatic nitrogens is 2. The molecule has 2 amide bonds. The van der Waals surface area contributed by atoms with Gasteiger partial charge < -0.3 is 14.6 Å². The number of nitrogens with one attached hydrogen (secondary N) is 2. The molecule has 0 saturated carbocycles. The molecule has 0 aliphatic rings. The lowest BCUT2D eigenvalue weighted by molar-refractivity contribution is 0.262. The number of hydrogen-bond acceptors (Lipinski definition) is 3. The molecule has 118 valence electrons. The predicted octanol–water partition coefficient (Wildman–Crippen LogP) is 3.71. The summed E-state index contributed by atoms with van der Waals surface area (Å²) in [5, 5.41) is 5.58. The zero-order chi connectivity index (χ0) is 16.2. The molecule has 3 aromatic rings. The molecule has 0 radical (unpaired) electrons. The second kappa shape index (κ2) is 6.39. The van der Waals surface area contributed by atoms with Gasteiger partial charge >= 0.3 is 6.03 Å². The minimum atomic E-state index is -0.333. The average molecular weight is 310 g/mol. The van der Waals surface area contributed by atoms with Gasteiger partial charge in [-0.15, -0.1) is 0 Å². The highest BCUT2D eigenvalue weighted by Gasteiger charge is 2.11. The van der Waals surface area contributed by atoms with Crippen LogP contribution in [0, 0.1) is 0 Å². The number of urea groups is 1. The third-order valence-corrected chi connectivity index (χ3v) is 3.54. The van der Waals surface area contributed by atoms with Crippen molar-refractivity contribution in [2.75, 3.05) is 17.7 Å². The highest BCUT2D eigenvalue weighted by molar-refractivity contribution is 5.99. The highest BCUT2D eigenvalue weighted by Crippen LogP contribution is 2.20. The Balaban J connectivity index is 1.77. The first-order chi connectivity index (χ1) is 11.2. The Hall–Kier alpha value is -3.02. The predicted molar refractivity (Wildman–Crippen MR) is 91.0 cm³/mol. The minimum absolute atomic E-state index is 0.333. The van der Waals surface area contributed by atoms with Crippen LogP contribution < -0.4 is 15.4 Å². The molecule has 1 heterocycles. The van der Waals surface area contributed by atoms with Gasteiger partial charge in [-0.25, -0.2) is 9.78 Å². The number of ether oxygens (including phenoxy) is 1. The molecule has 6 nitrogen and oxygen atoms in total. The van der Waals surface area contributed by atoms with E-state index in [0.717, 1.165) is 23.3 Å². The van der Waals surface area contributed by atoms with Crippen LogP contribution in [0.5, 0.6) is 5.75 Å². The van der Waals surface area contributed by atoms with Gasteiger partial charge in [0.25, 0.3) is 0 Å². The molecule has 0 aliphatic carbocycles. The number of carbonyl (C=O) groups is 1. The number of para-hydroxylation sites is 2. The van der Waals surface area contributed by atoms with Gasteiger partial charge in [-0.3, -0.25) is 5.32 Å². The normalized spacial score (nSPS) is 10.5. The summed E-state index contributed by atoms with van der Waals surface area (Å²) >= 11 is 0. The fourth-order valence-corrected chi connectivity index (χ4v) is 2.43. The number of fused-ring (bicyclic) bond motifs is 1. The Morgan fingerprint density at radius 3 is 2.57 bits per heavy atom. The summed E-state index contributed by atoms with van der Waals surface area (Å²) in [6.45, 7) is 2.74. The van der Waals surface area contributed by atoms with Gasteiger partial charge in [0.1, 0.15) is 5.75 Å². The van der Waals surface area contributed by atoms with Gasteiger partial charge in [0.15, 0.2) is 0 Å². The van der Waals surface area contributed by atoms with E-state index in [1.165, 1.54) is 0 Å². The van der Waals surface area contributed by atoms with Crippen LogP contribution in [0.1, 0.15) is 6.92 Å². The van der Waals surface area contributed by atoms with Crippen LogP contribution in [0.3, 0.4) is 0 Å². The zero-order valence-corrected chi connectivity index (χ0v) is 13.0. The number of imidazole rings is 1. The third kappa shape index (κ3) is 3.11. The van der Waals surface area contributed by atoms with E-state index in [4.69, 9.17) is 4.74 Å². The molecule has 2 aromatic carbocycles. The van der Waals surface area contributed by atoms with Gasteiger partial charge in [0, 0.05) is 12.2 Å². The fraction of sp³-hybridized carbons (Fsp3) is 0.176. The van der Waals surface area contributed by atoms with Crippen molar-refractivity contribution in [1.29, 1.82) is 0 Å². The van der Waals surface area contributed by atoms with Crippen LogP contribution in [0.15, 0.2) is 48.5 Å². The van der Waals surface area contributed by atoms with Crippen LogP contribution in [0.2, 0.25) is 0 Å². The van der Waals surface area contributed by atoms with Crippen molar-refractivity contribution >= 4 is 28.7 Å². The largest absolute Gasteiger partial charge is 0.497 e. The van der Waals surface area contributed by atoms with Crippen molar-refractivity contribution in [3.8, 4) is 5.75 Å². The van der Waals surface area contributed by atoms with Gasteiger partial charge in [0.05, 0.1) is 18.1 Å². The number of nitrogens with zero attached hydrogens (tertiary/aromatic N) is 2. The molecule has 0 aliphatic heterocycles. The van der Waals surface area contributed by atoms with E-state index in [1.54, 1.807) is 31.4 Å². The quantitative estimate of drug-likeness (QED) is 0.772. The summed E-state index contributed by atoms with van der Waals surface area (Å²) in [6, 6.07) is 14.6. The van der Waals surface area contributed by atoms with Crippen LogP contribution in [0.4, 0.5) is 16.4 Å². The second-order valence-corrected chi connectivity index (χ2v) is 4.98. The third-order valence-electron chi connectivity index (χ3n) is 3.54. The average Bonchev–Trinajstić information content (AvgIpc) is 2.92. The maximum absolute atomic E-state index is 12.2. The smallest absolute Gasteiger partial charge is 0.326 e. The van der Waals surface area contributed by atoms with Gasteiger partial charge in [-0.2, -0.15) is 0 Å². The van der Waals surface area contributed by atoms with Crippen molar-refractivity contribution in [1.82, 2.24) is 9.55 Å². The van der Waals surface area contributed by atoms with E-state index in [2.05, 4.69) is 15.6 Å². The van der Waals surface area contributed by atoms with Gasteiger partial charge in [-0.1, -0.05) is 12.1 Å². The maximum Gasteiger partial charge on any atom is 0.326 e. The SMILES string of the molecule is CCn1c(NC(=O)Nc2ccc(OC)cc2)nc2ccccc21. The Kier molecular flexibility index (Phi) is 4.14. The summed E-state index contributed by atoms with van der Waals surface area (Å²) in [5.74, 6) is 1.27. The van der Waals surface area contributed by atoms with Crippen molar-refractivity contribution in [2.24, 2.45) is 0 Å². The summed E-state index contributed by atoms with van der Waals surface area (Å²) < 4.78 is 7.05. The van der Waals surface area contributed by atoms with Crippen LogP contribution in [0.25, 0.3) is 11.0 Å². The highest BCUT2D eigenvalue weighted by atomic mass is 16.5. The van der Waals surface area contributed by atoms with E-state index < -0.39 is 0 Å². The molecule has 1 aromatic heterocycles. The Morgan fingerprint density at radius 2 is 1.87 bits per heavy atom. The first-order valence-corrected chi connectivity index (χ1v) is 7.38. The summed E-state index contributed by atoms with van der Waals surface area (Å²) in [5.41, 5.74) is 2.53. The number of methoxy groups -OCH3 is 1. The molecule has 0 saturated heterocycles. The first-order valence-electron chi connectivity index (χ1n) is 7.38. The standard InChI is InChI=1S/C17H18N4O2/c1-3-21-15-7-5-4-6-14(15)19-16(21)20-17(22)18-12-8-10-13(23-2)11-9-12/h4-11H,3H2,1-2H3,(H2,18,19,20,22). The van der Waals surface area contributed by atoms with Crippen LogP contribution in [-0.4, -0.2) is 22.7 Å². The molecular formula is C17H18N4O2. The van der Waals surface area contributed by atoms with Gasteiger partial charge in [0.2, 0.25) is 5.95 Å². The van der Waals surface area contributed by atoms with Crippen LogP contribution in [-0.2, 0) is 6.54 Å². The Labute approximate surface area is 134 Å². The number of benzene rings is 2. The number of hydrogen-bond donors (Lipinski definition) is 2. The van der Waals surface area contributed by atoms with Crippen molar-refractivity contribution in [2.45, 2.75) is 13.5 Å². The topological polar surface area (TPSA) is 68.2 Å². The molecule has 0 unspecified atom stereocenters. The Bertz CT molecular complexity index is 824. The van der Waals surface area contributed by atoms with E-state index >= 15 is 0 Å². The number of rotatable bonds is 4. The van der Waals surface area contributed by atoms with E-state index in [1.807, 2.05) is 35.8 Å². The van der Waals surface area contributed by atoms with E-state index in [-0.39, 0.29) is 6.03 Å². The van der Waals surface area contributed by atoms with E-state index in [9.17, 15) is 4.79 Å². The van der Waals surface area contributed by atoms with Crippen LogP contribution >= 0.6 is 0 Å². The van der Waals surface area contributed by atoms with Crippen molar-refractivity contribution < 1.29 is 9.53 Å². The number of aryl methyl sites for hydroxylation is 1. The minimum Gasteiger partial charge on any atom is -0.497 e. The monoisotopic (exact) mass is 310 g/mol. The lowest BCUT2D eigenvalue weighted by Gasteiger charge is -2.09. The molecule has 0 atom stereocenters. The lowest BCUT2D eigenvalue weighted by atomic mass is 10.3. The van der Waals surface area contributed by atoms with Crippen molar-refractivity contribution in [3.63, 3.8) is 0 Å². The molecule has 23 heavy (non-hydrogen) atoms. The Morgan fingerprint density at radius 1 is 1.13 bits per heavy atom. The number of anilines is 2. The summed E-state index contributed by atoms with van der Waals surface area (Å²) in [6.07, 6.45) is 0. The number of amides is 2. The zero-order valence-electron chi connectivity index (χ0n) is 13.0. The van der Waals surface area contributed by atoms with Crippen molar-refractivity contribution in [3.05, 3.63) is 48.5 Å². The lowest BCUT2D eigenvalue weighted by Crippen LogP contribution is -2.21. The fourth-order valence-electron chi connectivity index (χ4n) is 2.43. The summed E-state index contributed by atoms with van der Waals surface area (Å²) in [4.78, 5) is 16.6. The molecule has 0 bridgehead atoms. The molecule has 6 heteroatoms. The molecule has 0 spiro atoms.